The number of carbonyl (C=O) groups is 1. The maximum absolute atomic E-state index is 12.1. The number of furan rings is 1. The summed E-state index contributed by atoms with van der Waals surface area (Å²) >= 11 is 0. The predicted molar refractivity (Wildman–Crippen MR) is 70.6 cm³/mol. The van der Waals surface area contributed by atoms with Crippen LogP contribution in [-0.2, 0) is 0 Å². The molecule has 1 aliphatic rings. The molecule has 0 bridgehead atoms. The van der Waals surface area contributed by atoms with Gasteiger partial charge in [0.05, 0.1) is 12.4 Å². The Kier molecular flexibility index (Phi) is 3.09. The van der Waals surface area contributed by atoms with Crippen LogP contribution in [0.2, 0.25) is 0 Å². The van der Waals surface area contributed by atoms with E-state index in [4.69, 9.17) is 4.42 Å². The number of carbonyl (C=O) groups excluding carboxylic acids is 1. The van der Waals surface area contributed by atoms with Gasteiger partial charge in [-0.05, 0) is 24.5 Å². The Labute approximate surface area is 111 Å². The molecule has 4 nitrogen and oxygen atoms in total. The first-order valence-electron chi connectivity index (χ1n) is 6.36. The van der Waals surface area contributed by atoms with Crippen molar-refractivity contribution in [2.45, 2.75) is 25.0 Å². The van der Waals surface area contributed by atoms with Gasteiger partial charge in [0.2, 0.25) is 0 Å². The highest BCUT2D eigenvalue weighted by molar-refractivity contribution is 5.98. The predicted octanol–water partition coefficient (Wildman–Crippen LogP) is 2.20. The molecule has 4 heteroatoms. The van der Waals surface area contributed by atoms with Crippen molar-refractivity contribution in [3.05, 3.63) is 48.4 Å². The third-order valence-corrected chi connectivity index (χ3v) is 3.40. The highest BCUT2D eigenvalue weighted by atomic mass is 16.3. The standard InChI is InChI=1S/C15H15NO3/c17-12-8-11(9-12)16-15(18)14-13(6-7-19-14)10-4-2-1-3-5-10/h1-7,11-12,17H,8-9H2,(H,16,18). The van der Waals surface area contributed by atoms with E-state index in [9.17, 15) is 9.90 Å². The van der Waals surface area contributed by atoms with Crippen LogP contribution in [0.15, 0.2) is 47.1 Å². The van der Waals surface area contributed by atoms with Gasteiger partial charge >= 0.3 is 0 Å². The van der Waals surface area contributed by atoms with E-state index in [1.54, 1.807) is 6.07 Å². The lowest BCUT2D eigenvalue weighted by atomic mass is 9.89. The molecular weight excluding hydrogens is 242 g/mol. The van der Waals surface area contributed by atoms with E-state index >= 15 is 0 Å². The molecule has 1 amide bonds. The molecule has 1 heterocycles. The van der Waals surface area contributed by atoms with Crippen LogP contribution in [0.25, 0.3) is 11.1 Å². The Bertz CT molecular complexity index is 570. The largest absolute Gasteiger partial charge is 0.459 e. The van der Waals surface area contributed by atoms with Crippen LogP contribution < -0.4 is 5.32 Å². The smallest absolute Gasteiger partial charge is 0.287 e. The van der Waals surface area contributed by atoms with Gasteiger partial charge in [-0.25, -0.2) is 0 Å². The summed E-state index contributed by atoms with van der Waals surface area (Å²) in [6.45, 7) is 0. The summed E-state index contributed by atoms with van der Waals surface area (Å²) in [4.78, 5) is 12.1. The first-order chi connectivity index (χ1) is 9.24. The Hall–Kier alpha value is -2.07. The second-order valence-electron chi connectivity index (χ2n) is 4.83. The molecular formula is C15H15NO3. The fourth-order valence-electron chi connectivity index (χ4n) is 2.29. The highest BCUT2D eigenvalue weighted by Gasteiger charge is 2.30. The number of rotatable bonds is 3. The van der Waals surface area contributed by atoms with Gasteiger partial charge in [-0.2, -0.15) is 0 Å². The van der Waals surface area contributed by atoms with Crippen LogP contribution in [0.3, 0.4) is 0 Å². The lowest BCUT2D eigenvalue weighted by molar-refractivity contribution is 0.0551. The van der Waals surface area contributed by atoms with Gasteiger partial charge in [0.15, 0.2) is 5.76 Å². The summed E-state index contributed by atoms with van der Waals surface area (Å²) < 4.78 is 5.30. The molecule has 1 saturated carbocycles. The number of amides is 1. The van der Waals surface area contributed by atoms with Crippen LogP contribution in [0.5, 0.6) is 0 Å². The molecule has 2 aromatic rings. The Balaban J connectivity index is 1.78. The van der Waals surface area contributed by atoms with Crippen molar-refractivity contribution in [1.82, 2.24) is 5.32 Å². The van der Waals surface area contributed by atoms with Gasteiger partial charge in [0, 0.05) is 11.6 Å². The number of nitrogens with one attached hydrogen (secondary N) is 1. The number of hydrogen-bond acceptors (Lipinski definition) is 3. The molecule has 0 aliphatic heterocycles. The van der Waals surface area contributed by atoms with Crippen LogP contribution >= 0.6 is 0 Å². The second-order valence-corrected chi connectivity index (χ2v) is 4.83. The summed E-state index contributed by atoms with van der Waals surface area (Å²) in [6.07, 6.45) is 2.48. The zero-order valence-corrected chi connectivity index (χ0v) is 10.4. The zero-order valence-electron chi connectivity index (χ0n) is 10.4. The van der Waals surface area contributed by atoms with E-state index in [1.807, 2.05) is 30.3 Å². The van der Waals surface area contributed by atoms with Gasteiger partial charge in [0.25, 0.3) is 5.91 Å². The first kappa shape index (κ1) is 12.0. The minimum Gasteiger partial charge on any atom is -0.459 e. The number of benzene rings is 1. The molecule has 1 fully saturated rings. The van der Waals surface area contributed by atoms with Crippen molar-refractivity contribution in [3.63, 3.8) is 0 Å². The van der Waals surface area contributed by atoms with E-state index in [0.717, 1.165) is 11.1 Å². The van der Waals surface area contributed by atoms with Gasteiger partial charge in [-0.15, -0.1) is 0 Å². The summed E-state index contributed by atoms with van der Waals surface area (Å²) in [7, 11) is 0. The minimum absolute atomic E-state index is 0.0521. The van der Waals surface area contributed by atoms with Crippen molar-refractivity contribution in [2.75, 3.05) is 0 Å². The van der Waals surface area contributed by atoms with Crippen LogP contribution in [-0.4, -0.2) is 23.2 Å². The highest BCUT2D eigenvalue weighted by Crippen LogP contribution is 2.26. The molecule has 0 atom stereocenters. The van der Waals surface area contributed by atoms with Gasteiger partial charge < -0.3 is 14.8 Å². The fraction of sp³-hybridized carbons (Fsp3) is 0.267. The van der Waals surface area contributed by atoms with Crippen molar-refractivity contribution in [2.24, 2.45) is 0 Å². The van der Waals surface area contributed by atoms with Crippen molar-refractivity contribution >= 4 is 5.91 Å². The lowest BCUT2D eigenvalue weighted by Gasteiger charge is -2.31. The molecule has 0 saturated heterocycles. The van der Waals surface area contributed by atoms with Crippen molar-refractivity contribution in [1.29, 1.82) is 0 Å². The maximum atomic E-state index is 12.1. The molecule has 3 rings (SSSR count). The first-order valence-corrected chi connectivity index (χ1v) is 6.36. The molecule has 1 aliphatic carbocycles. The van der Waals surface area contributed by atoms with E-state index in [2.05, 4.69) is 5.32 Å². The maximum Gasteiger partial charge on any atom is 0.287 e. The summed E-state index contributed by atoms with van der Waals surface area (Å²) in [5.41, 5.74) is 1.74. The number of aliphatic hydroxyl groups is 1. The molecule has 19 heavy (non-hydrogen) atoms. The number of aliphatic hydroxyl groups excluding tert-OH is 1. The summed E-state index contributed by atoms with van der Waals surface area (Å²) in [6, 6.07) is 11.5. The number of hydrogen-bond donors (Lipinski definition) is 2. The molecule has 0 radical (unpaired) electrons. The molecule has 1 aromatic heterocycles. The summed E-state index contributed by atoms with van der Waals surface area (Å²) in [5, 5.41) is 12.1. The van der Waals surface area contributed by atoms with Crippen LogP contribution in [0.4, 0.5) is 0 Å². The third kappa shape index (κ3) is 2.39. The average molecular weight is 257 g/mol. The quantitative estimate of drug-likeness (QED) is 0.886. The second kappa shape index (κ2) is 4.90. The lowest BCUT2D eigenvalue weighted by Crippen LogP contribution is -2.46. The van der Waals surface area contributed by atoms with Gasteiger partial charge in [-0.3, -0.25) is 4.79 Å². The minimum atomic E-state index is -0.282. The topological polar surface area (TPSA) is 62.5 Å². The molecule has 98 valence electrons. The normalized spacial score (nSPS) is 21.7. The van der Waals surface area contributed by atoms with Crippen molar-refractivity contribution in [3.8, 4) is 11.1 Å². The molecule has 1 aromatic carbocycles. The Morgan fingerprint density at radius 3 is 2.63 bits per heavy atom. The van der Waals surface area contributed by atoms with E-state index in [0.29, 0.717) is 18.6 Å². The molecule has 0 spiro atoms. The average Bonchev–Trinajstić information content (AvgIpc) is 2.87. The van der Waals surface area contributed by atoms with E-state index in [1.165, 1.54) is 6.26 Å². The van der Waals surface area contributed by atoms with Crippen molar-refractivity contribution < 1.29 is 14.3 Å². The van der Waals surface area contributed by atoms with Gasteiger partial charge in [-0.1, -0.05) is 30.3 Å². The van der Waals surface area contributed by atoms with Gasteiger partial charge in [0.1, 0.15) is 0 Å². The van der Waals surface area contributed by atoms with E-state index < -0.39 is 0 Å². The third-order valence-electron chi connectivity index (χ3n) is 3.40. The Morgan fingerprint density at radius 1 is 1.21 bits per heavy atom. The molecule has 2 N–H and O–H groups in total. The van der Waals surface area contributed by atoms with E-state index in [-0.39, 0.29) is 18.1 Å². The fourth-order valence-corrected chi connectivity index (χ4v) is 2.29. The summed E-state index contributed by atoms with van der Waals surface area (Å²) in [5.74, 6) is 0.105. The SMILES string of the molecule is O=C(NC1CC(O)C1)c1occc1-c1ccccc1. The monoisotopic (exact) mass is 257 g/mol. The van der Waals surface area contributed by atoms with Crippen LogP contribution in [0.1, 0.15) is 23.4 Å². The van der Waals surface area contributed by atoms with Crippen LogP contribution in [0, 0.1) is 0 Å². The Morgan fingerprint density at radius 2 is 1.95 bits per heavy atom. The molecule has 0 unspecified atom stereocenters. The zero-order chi connectivity index (χ0) is 13.2.